The number of allylic oxidation sites excluding steroid dienone is 3. The highest BCUT2D eigenvalue weighted by molar-refractivity contribution is 5.55. The summed E-state index contributed by atoms with van der Waals surface area (Å²) in [6.45, 7) is 5.54. The topological polar surface area (TPSA) is 18.5 Å². The van der Waals surface area contributed by atoms with Crippen LogP contribution in [-0.4, -0.2) is 19.1 Å². The first-order valence-electron chi connectivity index (χ1n) is 11.7. The van der Waals surface area contributed by atoms with Crippen molar-refractivity contribution >= 4 is 0 Å². The molecule has 0 saturated carbocycles. The molecule has 37 heavy (non-hydrogen) atoms. The maximum absolute atomic E-state index is 15.6. The Morgan fingerprint density at radius 3 is 2.41 bits per heavy atom. The van der Waals surface area contributed by atoms with Crippen LogP contribution >= 0.6 is 0 Å². The van der Waals surface area contributed by atoms with Crippen molar-refractivity contribution < 1.29 is 40.2 Å². The number of aryl methyl sites for hydroxylation is 1. The van der Waals surface area contributed by atoms with Gasteiger partial charge in [0.05, 0.1) is 18.1 Å². The molecule has 4 rings (SSSR count). The van der Waals surface area contributed by atoms with E-state index in [4.69, 9.17) is 9.47 Å². The zero-order valence-electron chi connectivity index (χ0n) is 20.2. The summed E-state index contributed by atoms with van der Waals surface area (Å²) >= 11 is 0. The van der Waals surface area contributed by atoms with Gasteiger partial charge in [-0.15, -0.1) is 6.58 Å². The summed E-state index contributed by atoms with van der Waals surface area (Å²) in [6, 6.07) is 6.13. The number of hydrogen-bond donors (Lipinski definition) is 0. The van der Waals surface area contributed by atoms with Crippen LogP contribution in [0.5, 0.6) is 11.5 Å². The van der Waals surface area contributed by atoms with Gasteiger partial charge in [0.1, 0.15) is 24.0 Å². The van der Waals surface area contributed by atoms with Gasteiger partial charge in [-0.2, -0.15) is 17.6 Å². The summed E-state index contributed by atoms with van der Waals surface area (Å²) in [7, 11) is 0. The minimum atomic E-state index is -5.03. The molecule has 0 radical (unpaired) electrons. The van der Waals surface area contributed by atoms with Gasteiger partial charge in [0.15, 0.2) is 11.6 Å². The minimum Gasteiger partial charge on any atom is -0.491 e. The van der Waals surface area contributed by atoms with Crippen molar-refractivity contribution in [2.24, 2.45) is 5.92 Å². The molecule has 9 heteroatoms. The van der Waals surface area contributed by atoms with Crippen molar-refractivity contribution in [2.45, 2.75) is 43.9 Å². The van der Waals surface area contributed by atoms with Crippen molar-refractivity contribution in [1.82, 2.24) is 0 Å². The molecular formula is C28H25F7O2. The maximum Gasteiger partial charge on any atom is 0.339 e. The molecule has 0 amide bonds. The molecule has 0 spiro atoms. The minimum absolute atomic E-state index is 0.0125. The van der Waals surface area contributed by atoms with Gasteiger partial charge in [0.2, 0.25) is 0 Å². The Kier molecular flexibility index (Phi) is 6.94. The zero-order valence-corrected chi connectivity index (χ0v) is 20.2. The average Bonchev–Trinajstić information content (AvgIpc) is 2.83. The third kappa shape index (κ3) is 4.22. The van der Waals surface area contributed by atoms with Gasteiger partial charge in [0, 0.05) is 17.1 Å². The second-order valence-corrected chi connectivity index (χ2v) is 9.22. The second-order valence-electron chi connectivity index (χ2n) is 9.22. The molecule has 2 aliphatic rings. The molecule has 0 N–H and O–H groups in total. The Morgan fingerprint density at radius 1 is 1.03 bits per heavy atom. The van der Waals surface area contributed by atoms with Crippen LogP contribution in [0.2, 0.25) is 0 Å². The van der Waals surface area contributed by atoms with Gasteiger partial charge in [-0.3, -0.25) is 0 Å². The van der Waals surface area contributed by atoms with Crippen LogP contribution in [-0.2, 0) is 17.8 Å². The fourth-order valence-electron chi connectivity index (χ4n) is 4.96. The molecule has 2 aromatic rings. The van der Waals surface area contributed by atoms with Gasteiger partial charge in [-0.25, -0.2) is 13.2 Å². The van der Waals surface area contributed by atoms with Crippen molar-refractivity contribution in [2.75, 3.05) is 13.2 Å². The van der Waals surface area contributed by atoms with E-state index in [1.165, 1.54) is 19.1 Å². The van der Waals surface area contributed by atoms with Crippen LogP contribution in [0.15, 0.2) is 66.5 Å². The molecule has 0 aliphatic heterocycles. The molecule has 2 nitrogen and oxygen atoms in total. The Morgan fingerprint density at radius 2 is 1.76 bits per heavy atom. The zero-order chi connectivity index (χ0) is 27.2. The van der Waals surface area contributed by atoms with Crippen LogP contribution in [0.4, 0.5) is 30.7 Å². The summed E-state index contributed by atoms with van der Waals surface area (Å²) in [5, 5.41) is 0. The number of rotatable bonds is 8. The summed E-state index contributed by atoms with van der Waals surface area (Å²) in [4.78, 5) is 0. The molecule has 0 saturated heterocycles. The van der Waals surface area contributed by atoms with Gasteiger partial charge < -0.3 is 9.47 Å². The molecular weight excluding hydrogens is 501 g/mol. The molecule has 2 unspecified atom stereocenters. The number of hydrogen-bond acceptors (Lipinski definition) is 2. The quantitative estimate of drug-likeness (QED) is 0.257. The Hall–Kier alpha value is -3.23. The summed E-state index contributed by atoms with van der Waals surface area (Å²) in [5.41, 5.74) is -3.94. The number of fused-ring (bicyclic) bond motifs is 3. The molecule has 0 aromatic heterocycles. The maximum atomic E-state index is 15.6. The summed E-state index contributed by atoms with van der Waals surface area (Å²) < 4.78 is 116. The highest BCUT2D eigenvalue weighted by Gasteiger charge is 2.73. The number of ether oxygens (including phenoxy) is 2. The normalized spacial score (nSPS) is 23.3. The van der Waals surface area contributed by atoms with Gasteiger partial charge in [-0.1, -0.05) is 37.3 Å². The molecule has 0 fully saturated rings. The van der Waals surface area contributed by atoms with Gasteiger partial charge in [-0.05, 0) is 43.0 Å². The van der Waals surface area contributed by atoms with E-state index >= 15 is 22.0 Å². The SMILES string of the molecule is C=CCCc1ccc(OCC2=C(F)C3C(C)(C=C2)c2ccc(OCC)c(F)c2C(F)(F)C3(F)F)cc1F. The van der Waals surface area contributed by atoms with E-state index in [2.05, 4.69) is 6.58 Å². The third-order valence-electron chi connectivity index (χ3n) is 6.91. The van der Waals surface area contributed by atoms with E-state index in [9.17, 15) is 8.78 Å². The average molecular weight is 526 g/mol. The van der Waals surface area contributed by atoms with E-state index in [0.29, 0.717) is 18.4 Å². The molecule has 198 valence electrons. The van der Waals surface area contributed by atoms with Crippen molar-refractivity contribution in [1.29, 1.82) is 0 Å². The standard InChI is InChI=1S/C28H25F7O2/c1-4-6-7-16-8-9-18(14-20(16)29)37-15-17-12-13-26(3)19-10-11-21(36-5-2)24(31)22(19)27(32,33)28(34,35)25(26)23(17)30/h4,8-14,25H,1,5-7,15H2,2-3H3. The van der Waals surface area contributed by atoms with E-state index in [1.54, 1.807) is 6.08 Å². The van der Waals surface area contributed by atoms with Crippen LogP contribution in [0.1, 0.15) is 37.0 Å². The summed E-state index contributed by atoms with van der Waals surface area (Å²) in [6.07, 6.45) is 4.91. The largest absolute Gasteiger partial charge is 0.491 e. The Balaban J connectivity index is 1.70. The summed E-state index contributed by atoms with van der Waals surface area (Å²) in [5.74, 6) is -16.9. The molecule has 0 heterocycles. The number of alkyl halides is 4. The first-order valence-corrected chi connectivity index (χ1v) is 11.7. The van der Waals surface area contributed by atoms with E-state index in [-0.39, 0.29) is 12.4 Å². The van der Waals surface area contributed by atoms with Crippen molar-refractivity contribution in [3.63, 3.8) is 0 Å². The highest BCUT2D eigenvalue weighted by atomic mass is 19.3. The molecule has 2 aromatic carbocycles. The Bertz CT molecular complexity index is 1280. The van der Waals surface area contributed by atoms with Crippen LogP contribution in [0.3, 0.4) is 0 Å². The monoisotopic (exact) mass is 526 g/mol. The van der Waals surface area contributed by atoms with Crippen LogP contribution in [0, 0.1) is 17.6 Å². The lowest BCUT2D eigenvalue weighted by Gasteiger charge is -2.49. The predicted molar refractivity (Wildman–Crippen MR) is 125 cm³/mol. The highest BCUT2D eigenvalue weighted by Crippen LogP contribution is 2.64. The fraction of sp³-hybridized carbons (Fsp3) is 0.357. The van der Waals surface area contributed by atoms with E-state index in [0.717, 1.165) is 37.3 Å². The van der Waals surface area contributed by atoms with Crippen molar-refractivity contribution in [3.8, 4) is 11.5 Å². The first kappa shape index (κ1) is 26.8. The van der Waals surface area contributed by atoms with Gasteiger partial charge >= 0.3 is 11.8 Å². The lowest BCUT2D eigenvalue weighted by molar-refractivity contribution is -0.258. The first-order chi connectivity index (χ1) is 17.4. The smallest absolute Gasteiger partial charge is 0.339 e. The predicted octanol–water partition coefficient (Wildman–Crippen LogP) is 7.97. The molecule has 2 aliphatic carbocycles. The number of halogens is 7. The van der Waals surface area contributed by atoms with E-state index < -0.39 is 69.7 Å². The van der Waals surface area contributed by atoms with Gasteiger partial charge in [0.25, 0.3) is 0 Å². The lowest BCUT2D eigenvalue weighted by Crippen LogP contribution is -2.58. The second kappa shape index (κ2) is 9.58. The molecule has 2 atom stereocenters. The molecule has 0 bridgehead atoms. The van der Waals surface area contributed by atoms with Crippen LogP contribution in [0.25, 0.3) is 0 Å². The lowest BCUT2D eigenvalue weighted by atomic mass is 9.58. The van der Waals surface area contributed by atoms with Crippen LogP contribution < -0.4 is 9.47 Å². The Labute approximate surface area is 210 Å². The number of benzene rings is 2. The fourth-order valence-corrected chi connectivity index (χ4v) is 4.96. The van der Waals surface area contributed by atoms with Crippen molar-refractivity contribution in [3.05, 3.63) is 94.9 Å². The van der Waals surface area contributed by atoms with E-state index in [1.807, 2.05) is 0 Å². The third-order valence-corrected chi connectivity index (χ3v) is 6.91.